The second kappa shape index (κ2) is 7.50. The van der Waals surface area contributed by atoms with Crippen molar-refractivity contribution in [1.82, 2.24) is 10.2 Å². The minimum Gasteiger partial charge on any atom is -0.507 e. The molecule has 2 aromatic rings. The van der Waals surface area contributed by atoms with E-state index in [0.717, 1.165) is 5.56 Å². The van der Waals surface area contributed by atoms with E-state index in [9.17, 15) is 14.7 Å². The van der Waals surface area contributed by atoms with Crippen molar-refractivity contribution in [2.45, 2.75) is 6.54 Å². The number of methoxy groups -OCH3 is 1. The largest absolute Gasteiger partial charge is 0.507 e. The monoisotopic (exact) mass is 328 g/mol. The van der Waals surface area contributed by atoms with Crippen LogP contribution in [0.5, 0.6) is 11.5 Å². The summed E-state index contributed by atoms with van der Waals surface area (Å²) in [5, 5.41) is 12.5. The molecule has 24 heavy (non-hydrogen) atoms. The fourth-order valence-corrected chi connectivity index (χ4v) is 2.28. The van der Waals surface area contributed by atoms with Crippen molar-refractivity contribution in [3.8, 4) is 11.5 Å². The van der Waals surface area contributed by atoms with E-state index in [2.05, 4.69) is 5.32 Å². The first-order valence-electron chi connectivity index (χ1n) is 7.39. The molecule has 0 bridgehead atoms. The van der Waals surface area contributed by atoms with E-state index in [1.807, 2.05) is 0 Å². The van der Waals surface area contributed by atoms with Gasteiger partial charge in [0.15, 0.2) is 0 Å². The van der Waals surface area contributed by atoms with Crippen LogP contribution in [0, 0.1) is 0 Å². The Kier molecular flexibility index (Phi) is 5.42. The lowest BCUT2D eigenvalue weighted by Crippen LogP contribution is -2.26. The molecule has 0 radical (unpaired) electrons. The second-order valence-electron chi connectivity index (χ2n) is 5.32. The third-order valence-electron chi connectivity index (χ3n) is 3.64. The molecule has 0 heterocycles. The number of amides is 2. The number of phenols is 1. The van der Waals surface area contributed by atoms with Crippen molar-refractivity contribution >= 4 is 11.8 Å². The lowest BCUT2D eigenvalue weighted by atomic mass is 10.1. The number of aromatic hydroxyl groups is 1. The van der Waals surface area contributed by atoms with E-state index >= 15 is 0 Å². The van der Waals surface area contributed by atoms with Crippen LogP contribution in [0.1, 0.15) is 26.3 Å². The SMILES string of the molecule is CNC(=O)c1ccc(CN(C)C(=O)c2ccc(OC)cc2O)cc1. The van der Waals surface area contributed by atoms with Gasteiger partial charge in [0, 0.05) is 32.3 Å². The van der Waals surface area contributed by atoms with Crippen LogP contribution >= 0.6 is 0 Å². The van der Waals surface area contributed by atoms with Gasteiger partial charge in [-0.2, -0.15) is 0 Å². The Balaban J connectivity index is 2.10. The normalized spacial score (nSPS) is 10.1. The number of carbonyl (C=O) groups excluding carboxylic acids is 2. The summed E-state index contributed by atoms with van der Waals surface area (Å²) < 4.78 is 5.01. The Morgan fingerprint density at radius 2 is 1.83 bits per heavy atom. The van der Waals surface area contributed by atoms with Crippen molar-refractivity contribution < 1.29 is 19.4 Å². The molecule has 2 amide bonds. The first kappa shape index (κ1) is 17.3. The average Bonchev–Trinajstić information content (AvgIpc) is 2.60. The molecule has 2 N–H and O–H groups in total. The molecule has 0 saturated heterocycles. The zero-order valence-electron chi connectivity index (χ0n) is 13.9. The fraction of sp³-hybridized carbons (Fsp3) is 0.222. The van der Waals surface area contributed by atoms with Gasteiger partial charge < -0.3 is 20.1 Å². The maximum Gasteiger partial charge on any atom is 0.257 e. The van der Waals surface area contributed by atoms with Gasteiger partial charge in [0.2, 0.25) is 0 Å². The van der Waals surface area contributed by atoms with Gasteiger partial charge in [-0.3, -0.25) is 9.59 Å². The molecule has 0 aliphatic carbocycles. The van der Waals surface area contributed by atoms with Crippen LogP contribution in [0.25, 0.3) is 0 Å². The standard InChI is InChI=1S/C18H20N2O4/c1-19-17(22)13-6-4-12(5-7-13)11-20(2)18(23)15-9-8-14(24-3)10-16(15)21/h4-10,21H,11H2,1-3H3,(H,19,22). The molecule has 0 saturated carbocycles. The summed E-state index contributed by atoms with van der Waals surface area (Å²) in [5.41, 5.74) is 1.65. The minimum atomic E-state index is -0.300. The van der Waals surface area contributed by atoms with Gasteiger partial charge >= 0.3 is 0 Å². The number of nitrogens with zero attached hydrogens (tertiary/aromatic N) is 1. The summed E-state index contributed by atoms with van der Waals surface area (Å²) in [5.74, 6) is -0.0997. The zero-order valence-corrected chi connectivity index (χ0v) is 13.9. The van der Waals surface area contributed by atoms with Crippen LogP contribution in [-0.2, 0) is 6.54 Å². The molecule has 0 atom stereocenters. The Morgan fingerprint density at radius 1 is 1.17 bits per heavy atom. The van der Waals surface area contributed by atoms with Gasteiger partial charge in [-0.25, -0.2) is 0 Å². The molecule has 0 fully saturated rings. The highest BCUT2D eigenvalue weighted by Crippen LogP contribution is 2.24. The van der Waals surface area contributed by atoms with Gasteiger partial charge in [0.25, 0.3) is 11.8 Å². The van der Waals surface area contributed by atoms with Crippen molar-refractivity contribution in [1.29, 1.82) is 0 Å². The van der Waals surface area contributed by atoms with E-state index < -0.39 is 0 Å². The second-order valence-corrected chi connectivity index (χ2v) is 5.32. The lowest BCUT2D eigenvalue weighted by molar-refractivity contribution is 0.0781. The summed E-state index contributed by atoms with van der Waals surface area (Å²) >= 11 is 0. The molecule has 0 unspecified atom stereocenters. The minimum absolute atomic E-state index is 0.124. The lowest BCUT2D eigenvalue weighted by Gasteiger charge is -2.18. The molecule has 0 aliphatic rings. The number of benzene rings is 2. The molecule has 2 rings (SSSR count). The predicted octanol–water partition coefficient (Wildman–Crippen LogP) is 2.03. The number of carbonyl (C=O) groups is 2. The highest BCUT2D eigenvalue weighted by Gasteiger charge is 2.16. The van der Waals surface area contributed by atoms with Crippen LogP contribution in [0.4, 0.5) is 0 Å². The Morgan fingerprint density at radius 3 is 2.38 bits per heavy atom. The number of phenolic OH excluding ortho intramolecular Hbond substituents is 1. The quantitative estimate of drug-likeness (QED) is 0.880. The molecular formula is C18H20N2O4. The van der Waals surface area contributed by atoms with Gasteiger partial charge in [-0.15, -0.1) is 0 Å². The Hall–Kier alpha value is -3.02. The molecule has 0 aromatic heterocycles. The number of hydrogen-bond acceptors (Lipinski definition) is 4. The van der Waals surface area contributed by atoms with Gasteiger partial charge in [0.1, 0.15) is 11.5 Å². The fourth-order valence-electron chi connectivity index (χ4n) is 2.28. The van der Waals surface area contributed by atoms with Gasteiger partial charge in [0.05, 0.1) is 12.7 Å². The summed E-state index contributed by atoms with van der Waals surface area (Å²) in [6.07, 6.45) is 0. The van der Waals surface area contributed by atoms with E-state index in [1.54, 1.807) is 44.4 Å². The highest BCUT2D eigenvalue weighted by atomic mass is 16.5. The Bertz CT molecular complexity index is 741. The van der Waals surface area contributed by atoms with E-state index in [1.165, 1.54) is 24.1 Å². The first-order valence-corrected chi connectivity index (χ1v) is 7.39. The summed E-state index contributed by atoms with van der Waals surface area (Å²) in [6.45, 7) is 0.359. The van der Waals surface area contributed by atoms with E-state index in [-0.39, 0.29) is 23.1 Å². The topological polar surface area (TPSA) is 78.9 Å². The number of ether oxygens (including phenoxy) is 1. The van der Waals surface area contributed by atoms with E-state index in [4.69, 9.17) is 4.74 Å². The van der Waals surface area contributed by atoms with Crippen LogP contribution in [0.3, 0.4) is 0 Å². The summed E-state index contributed by atoms with van der Waals surface area (Å²) in [6, 6.07) is 11.6. The molecule has 0 aliphatic heterocycles. The maximum atomic E-state index is 12.5. The molecule has 2 aromatic carbocycles. The predicted molar refractivity (Wildman–Crippen MR) is 90.3 cm³/mol. The molecule has 0 spiro atoms. The third-order valence-corrected chi connectivity index (χ3v) is 3.64. The molecule has 126 valence electrons. The Labute approximate surface area is 140 Å². The van der Waals surface area contributed by atoms with Crippen LogP contribution < -0.4 is 10.1 Å². The van der Waals surface area contributed by atoms with Crippen molar-refractivity contribution in [3.05, 3.63) is 59.2 Å². The molecule has 6 nitrogen and oxygen atoms in total. The van der Waals surface area contributed by atoms with Crippen molar-refractivity contribution in [2.24, 2.45) is 0 Å². The number of nitrogens with one attached hydrogen (secondary N) is 1. The van der Waals surface area contributed by atoms with Crippen LogP contribution in [-0.4, -0.2) is 43.0 Å². The van der Waals surface area contributed by atoms with Gasteiger partial charge in [-0.05, 0) is 29.8 Å². The van der Waals surface area contributed by atoms with Gasteiger partial charge in [-0.1, -0.05) is 12.1 Å². The van der Waals surface area contributed by atoms with Crippen molar-refractivity contribution in [2.75, 3.05) is 21.2 Å². The number of rotatable bonds is 5. The average molecular weight is 328 g/mol. The van der Waals surface area contributed by atoms with Crippen molar-refractivity contribution in [3.63, 3.8) is 0 Å². The van der Waals surface area contributed by atoms with Crippen LogP contribution in [0.2, 0.25) is 0 Å². The maximum absolute atomic E-state index is 12.5. The summed E-state index contributed by atoms with van der Waals surface area (Å²) in [7, 11) is 4.72. The number of hydrogen-bond donors (Lipinski definition) is 2. The van der Waals surface area contributed by atoms with Crippen LogP contribution in [0.15, 0.2) is 42.5 Å². The highest BCUT2D eigenvalue weighted by molar-refractivity contribution is 5.97. The first-order chi connectivity index (χ1) is 11.5. The zero-order chi connectivity index (χ0) is 17.7. The molecule has 6 heteroatoms. The third kappa shape index (κ3) is 3.84. The summed E-state index contributed by atoms with van der Waals surface area (Å²) in [4.78, 5) is 25.5. The van der Waals surface area contributed by atoms with E-state index in [0.29, 0.717) is 17.9 Å². The molecular weight excluding hydrogens is 308 g/mol. The smallest absolute Gasteiger partial charge is 0.257 e.